The van der Waals surface area contributed by atoms with Crippen molar-refractivity contribution in [1.29, 1.82) is 0 Å². The Kier molecular flexibility index (Phi) is 3.90. The van der Waals surface area contributed by atoms with Crippen LogP contribution in [0.5, 0.6) is 0 Å². The average Bonchev–Trinajstić information content (AvgIpc) is 2.72. The van der Waals surface area contributed by atoms with Crippen molar-refractivity contribution in [3.05, 3.63) is 16.2 Å². The molecule has 11 heteroatoms. The number of nitrogens with zero attached hydrogens (tertiary/aromatic N) is 2. The minimum absolute atomic E-state index is 0.135. The van der Waals surface area contributed by atoms with E-state index >= 15 is 0 Å². The Bertz CT molecular complexity index is 628. The maximum atomic E-state index is 12.2. The molecule has 1 fully saturated rings. The average molecular weight is 325 g/mol. The van der Waals surface area contributed by atoms with Gasteiger partial charge in [-0.25, -0.2) is 8.42 Å². The molecule has 1 aromatic rings. The molecule has 1 aliphatic heterocycles. The Balaban J connectivity index is 2.32. The van der Waals surface area contributed by atoms with E-state index in [1.54, 1.807) is 0 Å². The normalized spacial score (nSPS) is 18.5. The number of hydrogen-bond donors (Lipinski definition) is 1. The number of hydrogen-bond acceptors (Lipinski definition) is 7. The topological polar surface area (TPSA) is 124 Å². The van der Waals surface area contributed by atoms with Crippen molar-refractivity contribution in [2.75, 3.05) is 30.3 Å². The lowest BCUT2D eigenvalue weighted by atomic mass is 10.5. The second kappa shape index (κ2) is 5.15. The number of rotatable bonds is 3. The summed E-state index contributed by atoms with van der Waals surface area (Å²) in [5, 5.41) is 10.5. The summed E-state index contributed by atoms with van der Waals surface area (Å²) in [7, 11) is -4.78. The molecule has 0 atom stereocenters. The Labute approximate surface area is 115 Å². The van der Waals surface area contributed by atoms with Gasteiger partial charge in [0.25, 0.3) is 10.0 Å². The van der Waals surface area contributed by atoms with E-state index < -0.39 is 31.4 Å². The largest absolute Gasteiger partial charge is 0.385 e. The Morgan fingerprint density at radius 2 is 2.00 bits per heavy atom. The van der Waals surface area contributed by atoms with Gasteiger partial charge in [-0.2, -0.15) is 4.31 Å². The van der Waals surface area contributed by atoms with E-state index in [0.29, 0.717) is 11.3 Å². The zero-order chi connectivity index (χ0) is 14.2. The first-order valence-corrected chi connectivity index (χ1v) is 8.95. The number of thiophene rings is 1. The number of nitrogens with two attached hydrogens (primary N) is 1. The van der Waals surface area contributed by atoms with Gasteiger partial charge in [-0.3, -0.25) is 14.3 Å². The van der Waals surface area contributed by atoms with Crippen LogP contribution in [0, 0.1) is 10.1 Å². The summed E-state index contributed by atoms with van der Waals surface area (Å²) in [5.41, 5.74) is 5.04. The number of nitrogen functional groups attached to an aromatic ring is 1. The van der Waals surface area contributed by atoms with Crippen LogP contribution in [0.4, 0.5) is 10.7 Å². The van der Waals surface area contributed by atoms with Crippen molar-refractivity contribution in [2.24, 2.45) is 0 Å². The molecule has 2 N–H and O–H groups in total. The fourth-order valence-electron chi connectivity index (χ4n) is 1.63. The molecule has 0 radical (unpaired) electrons. The fraction of sp³-hybridized carbons (Fsp3) is 0.500. The summed E-state index contributed by atoms with van der Waals surface area (Å²) in [6.45, 7) is 0.307. The lowest BCUT2D eigenvalue weighted by Crippen LogP contribution is -2.41. The molecule has 2 rings (SSSR count). The van der Waals surface area contributed by atoms with Gasteiger partial charge in [0.15, 0.2) is 5.00 Å². The Morgan fingerprint density at radius 1 is 1.42 bits per heavy atom. The van der Waals surface area contributed by atoms with E-state index in [2.05, 4.69) is 0 Å². The summed E-state index contributed by atoms with van der Waals surface area (Å²) < 4.78 is 36.7. The van der Waals surface area contributed by atoms with Crippen molar-refractivity contribution >= 4 is 42.8 Å². The van der Waals surface area contributed by atoms with Crippen LogP contribution in [0.3, 0.4) is 0 Å². The molecule has 0 saturated carbocycles. The van der Waals surface area contributed by atoms with E-state index in [1.807, 2.05) is 0 Å². The van der Waals surface area contributed by atoms with Gasteiger partial charge in [-0.15, -0.1) is 0 Å². The molecule has 0 bridgehead atoms. The minimum Gasteiger partial charge on any atom is -0.385 e. The van der Waals surface area contributed by atoms with Crippen molar-refractivity contribution < 1.29 is 17.6 Å². The van der Waals surface area contributed by atoms with Gasteiger partial charge in [0.05, 0.1) is 4.92 Å². The summed E-state index contributed by atoms with van der Waals surface area (Å²) >= 11 is 0.675. The van der Waals surface area contributed by atoms with Crippen LogP contribution in [0.2, 0.25) is 0 Å². The highest BCUT2D eigenvalue weighted by atomic mass is 32.2. The molecule has 0 aliphatic carbocycles. The molecule has 1 aliphatic rings. The zero-order valence-corrected chi connectivity index (χ0v) is 12.1. The third kappa shape index (κ3) is 2.78. The quantitative estimate of drug-likeness (QED) is 0.616. The monoisotopic (exact) mass is 325 g/mol. The van der Waals surface area contributed by atoms with Crippen LogP contribution in [0.25, 0.3) is 0 Å². The smallest absolute Gasteiger partial charge is 0.304 e. The van der Waals surface area contributed by atoms with Crippen molar-refractivity contribution in [3.63, 3.8) is 0 Å². The molecular formula is C8H11N3O5S3. The van der Waals surface area contributed by atoms with Gasteiger partial charge in [-0.1, -0.05) is 11.3 Å². The lowest BCUT2D eigenvalue weighted by Gasteiger charge is -2.24. The predicted octanol–water partition coefficient (Wildman–Crippen LogP) is -0.00850. The summed E-state index contributed by atoms with van der Waals surface area (Å²) in [6.07, 6.45) is 0. The van der Waals surface area contributed by atoms with Gasteiger partial charge in [0, 0.05) is 41.5 Å². The van der Waals surface area contributed by atoms with Crippen LogP contribution < -0.4 is 5.73 Å². The minimum atomic E-state index is -3.79. The Morgan fingerprint density at radius 3 is 2.47 bits per heavy atom. The molecule has 106 valence electrons. The van der Waals surface area contributed by atoms with E-state index in [0.717, 1.165) is 6.07 Å². The van der Waals surface area contributed by atoms with Crippen molar-refractivity contribution in [2.45, 2.75) is 4.21 Å². The standard InChI is InChI=1S/C8H11N3O5S3/c9-8-6(11(12)13)5-7(17-8)19(15,16)10-1-3-18(14)4-2-10/h5H,1-4,9H2. The second-order valence-electron chi connectivity index (χ2n) is 3.82. The third-order valence-electron chi connectivity index (χ3n) is 2.65. The van der Waals surface area contributed by atoms with Gasteiger partial charge in [0.1, 0.15) is 4.21 Å². The van der Waals surface area contributed by atoms with Gasteiger partial charge in [-0.05, 0) is 0 Å². The zero-order valence-electron chi connectivity index (χ0n) is 9.64. The molecule has 0 amide bonds. The molecule has 1 saturated heterocycles. The van der Waals surface area contributed by atoms with Gasteiger partial charge < -0.3 is 5.73 Å². The molecule has 0 unspecified atom stereocenters. The first-order chi connectivity index (χ1) is 8.82. The second-order valence-corrected chi connectivity index (χ2v) is 8.77. The van der Waals surface area contributed by atoms with Crippen LogP contribution in [0.1, 0.15) is 0 Å². The van der Waals surface area contributed by atoms with Gasteiger partial charge >= 0.3 is 5.69 Å². The molecule has 1 aromatic heterocycles. The fourth-order valence-corrected chi connectivity index (χ4v) is 5.73. The SMILES string of the molecule is Nc1sc(S(=O)(=O)N2CCS(=O)CC2)cc1[N+](=O)[O-]. The van der Waals surface area contributed by atoms with Crippen molar-refractivity contribution in [1.82, 2.24) is 4.31 Å². The van der Waals surface area contributed by atoms with Crippen LogP contribution in [0.15, 0.2) is 10.3 Å². The maximum Gasteiger partial charge on any atom is 0.304 e. The van der Waals surface area contributed by atoms with Crippen LogP contribution >= 0.6 is 11.3 Å². The van der Waals surface area contributed by atoms with E-state index in [9.17, 15) is 22.7 Å². The number of nitro groups is 1. The molecule has 19 heavy (non-hydrogen) atoms. The highest BCUT2D eigenvalue weighted by Crippen LogP contribution is 2.35. The van der Waals surface area contributed by atoms with Crippen LogP contribution in [-0.4, -0.2) is 46.5 Å². The highest BCUT2D eigenvalue weighted by molar-refractivity contribution is 7.91. The van der Waals surface area contributed by atoms with Crippen molar-refractivity contribution in [3.8, 4) is 0 Å². The number of anilines is 1. The van der Waals surface area contributed by atoms with Crippen LogP contribution in [-0.2, 0) is 20.8 Å². The highest BCUT2D eigenvalue weighted by Gasteiger charge is 2.32. The first kappa shape index (κ1) is 14.4. The lowest BCUT2D eigenvalue weighted by molar-refractivity contribution is -0.383. The summed E-state index contributed by atoms with van der Waals surface area (Å²) in [6, 6.07) is 0.973. The predicted molar refractivity (Wildman–Crippen MR) is 72.0 cm³/mol. The molecule has 0 spiro atoms. The maximum absolute atomic E-state index is 12.2. The molecule has 2 heterocycles. The van der Waals surface area contributed by atoms with Gasteiger partial charge in [0.2, 0.25) is 0 Å². The molecular weight excluding hydrogens is 314 g/mol. The summed E-state index contributed by atoms with van der Waals surface area (Å²) in [5.74, 6) is 0.560. The van der Waals surface area contributed by atoms with E-state index in [1.165, 1.54) is 4.31 Å². The summed E-state index contributed by atoms with van der Waals surface area (Å²) in [4.78, 5) is 9.95. The Hall–Kier alpha value is -1.04. The number of sulfonamides is 1. The third-order valence-corrected chi connectivity index (χ3v) is 7.22. The van der Waals surface area contributed by atoms with E-state index in [-0.39, 0.29) is 33.8 Å². The van der Waals surface area contributed by atoms with E-state index in [4.69, 9.17) is 5.73 Å². The first-order valence-electron chi connectivity index (χ1n) is 5.21. The molecule has 0 aromatic carbocycles. The molecule has 8 nitrogen and oxygen atoms in total.